The van der Waals surface area contributed by atoms with Crippen molar-refractivity contribution in [2.24, 2.45) is 0 Å². The van der Waals surface area contributed by atoms with Crippen LogP contribution in [-0.4, -0.2) is 18.1 Å². The van der Waals surface area contributed by atoms with Crippen LogP contribution in [0.4, 0.5) is 5.69 Å². The predicted molar refractivity (Wildman–Crippen MR) is 73.0 cm³/mol. The quantitative estimate of drug-likeness (QED) is 0.824. The maximum Gasteiger partial charge on any atom is 0.257 e. The van der Waals surface area contributed by atoms with Crippen molar-refractivity contribution in [3.63, 3.8) is 0 Å². The maximum absolute atomic E-state index is 10.9. The number of benzene rings is 2. The molecule has 0 aliphatic carbocycles. The summed E-state index contributed by atoms with van der Waals surface area (Å²) in [6.45, 7) is 0. The minimum Gasteiger partial charge on any atom is -0.497 e. The molecule has 3 rings (SSSR count). The number of amides is 1. The number of hydrogen-bond donors (Lipinski definition) is 2. The van der Waals surface area contributed by atoms with Gasteiger partial charge in [0.2, 0.25) is 0 Å². The summed E-state index contributed by atoms with van der Waals surface area (Å²) in [5.41, 5.74) is 1.38. The number of methoxy groups -OCH3 is 1. The molecule has 1 amide bonds. The predicted octanol–water partition coefficient (Wildman–Crippen LogP) is 2.37. The van der Waals surface area contributed by atoms with Gasteiger partial charge in [-0.25, -0.2) is 0 Å². The average molecular weight is 257 g/mol. The number of nitrogens with one attached hydrogen (secondary N) is 1. The Hall–Kier alpha value is -2.33. The molecule has 0 saturated heterocycles. The van der Waals surface area contributed by atoms with Crippen molar-refractivity contribution in [2.75, 3.05) is 12.4 Å². The molecule has 0 spiro atoms. The summed E-state index contributed by atoms with van der Waals surface area (Å²) in [5.74, 6) is 0.568. The smallest absolute Gasteiger partial charge is 0.257 e. The second-order valence-corrected chi connectivity index (χ2v) is 4.00. The van der Waals surface area contributed by atoms with Crippen molar-refractivity contribution < 1.29 is 14.6 Å². The molecule has 1 heterocycles. The van der Waals surface area contributed by atoms with Gasteiger partial charge in [-0.3, -0.25) is 4.79 Å². The molecule has 0 bridgehead atoms. The molecule has 4 heteroatoms. The topological polar surface area (TPSA) is 58.6 Å². The SMILES string of the molecule is COc1ccccc1.O=C1Nc2ccccc2C1O. The van der Waals surface area contributed by atoms with E-state index < -0.39 is 6.10 Å². The zero-order valence-corrected chi connectivity index (χ0v) is 10.5. The summed E-state index contributed by atoms with van der Waals surface area (Å²) >= 11 is 0. The summed E-state index contributed by atoms with van der Waals surface area (Å²) in [4.78, 5) is 10.9. The molecule has 4 nitrogen and oxygen atoms in total. The molecule has 0 fully saturated rings. The number of rotatable bonds is 1. The first kappa shape index (κ1) is 13.1. The average Bonchev–Trinajstić information content (AvgIpc) is 2.76. The van der Waals surface area contributed by atoms with Gasteiger partial charge in [0.15, 0.2) is 6.10 Å². The Kier molecular flexibility index (Phi) is 4.15. The minimum absolute atomic E-state index is 0.341. The van der Waals surface area contributed by atoms with Crippen LogP contribution in [0.5, 0.6) is 5.75 Å². The number of carbonyl (C=O) groups is 1. The van der Waals surface area contributed by atoms with Crippen LogP contribution in [0.25, 0.3) is 0 Å². The lowest BCUT2D eigenvalue weighted by molar-refractivity contribution is -0.123. The van der Waals surface area contributed by atoms with Crippen molar-refractivity contribution in [3.05, 3.63) is 60.2 Å². The summed E-state index contributed by atoms with van der Waals surface area (Å²) in [7, 11) is 1.66. The van der Waals surface area contributed by atoms with E-state index >= 15 is 0 Å². The Labute approximate surface area is 111 Å². The highest BCUT2D eigenvalue weighted by Gasteiger charge is 2.27. The summed E-state index contributed by atoms with van der Waals surface area (Å²) in [6.07, 6.45) is -0.980. The Morgan fingerprint density at radius 1 is 1.05 bits per heavy atom. The van der Waals surface area contributed by atoms with Crippen LogP contribution in [0.1, 0.15) is 11.7 Å². The normalized spacial score (nSPS) is 15.9. The van der Waals surface area contributed by atoms with Gasteiger partial charge in [-0.2, -0.15) is 0 Å². The fourth-order valence-corrected chi connectivity index (χ4v) is 1.75. The molecule has 0 aromatic heterocycles. The highest BCUT2D eigenvalue weighted by molar-refractivity contribution is 6.01. The molecular weight excluding hydrogens is 242 g/mol. The van der Waals surface area contributed by atoms with E-state index in [1.54, 1.807) is 25.3 Å². The zero-order valence-electron chi connectivity index (χ0n) is 10.5. The Morgan fingerprint density at radius 2 is 1.68 bits per heavy atom. The largest absolute Gasteiger partial charge is 0.497 e. The van der Waals surface area contributed by atoms with Crippen LogP contribution in [0.2, 0.25) is 0 Å². The van der Waals surface area contributed by atoms with E-state index in [1.807, 2.05) is 36.4 Å². The molecule has 2 N–H and O–H groups in total. The fraction of sp³-hybridized carbons (Fsp3) is 0.133. The van der Waals surface area contributed by atoms with Gasteiger partial charge >= 0.3 is 0 Å². The monoisotopic (exact) mass is 257 g/mol. The van der Waals surface area contributed by atoms with E-state index in [4.69, 9.17) is 4.74 Å². The van der Waals surface area contributed by atoms with Crippen LogP contribution < -0.4 is 10.1 Å². The molecule has 0 saturated carbocycles. The first-order valence-electron chi connectivity index (χ1n) is 5.89. The minimum atomic E-state index is -0.980. The molecular formula is C15H15NO3. The van der Waals surface area contributed by atoms with Gasteiger partial charge in [0.1, 0.15) is 5.75 Å². The molecule has 1 aliphatic rings. The van der Waals surface area contributed by atoms with E-state index in [-0.39, 0.29) is 5.91 Å². The van der Waals surface area contributed by atoms with Gasteiger partial charge in [-0.05, 0) is 18.2 Å². The molecule has 1 atom stereocenters. The molecule has 0 radical (unpaired) electrons. The van der Waals surface area contributed by atoms with E-state index in [1.165, 1.54) is 0 Å². The van der Waals surface area contributed by atoms with Crippen molar-refractivity contribution in [1.29, 1.82) is 0 Å². The number of hydrogen-bond acceptors (Lipinski definition) is 3. The number of carbonyl (C=O) groups excluding carboxylic acids is 1. The van der Waals surface area contributed by atoms with Gasteiger partial charge < -0.3 is 15.2 Å². The third-order valence-corrected chi connectivity index (χ3v) is 2.74. The van der Waals surface area contributed by atoms with Crippen LogP contribution in [0.3, 0.4) is 0 Å². The summed E-state index contributed by atoms with van der Waals surface area (Å²) < 4.78 is 4.91. The van der Waals surface area contributed by atoms with E-state index in [0.717, 1.165) is 5.75 Å². The van der Waals surface area contributed by atoms with Gasteiger partial charge in [-0.1, -0.05) is 36.4 Å². The molecule has 2 aromatic carbocycles. The summed E-state index contributed by atoms with van der Waals surface area (Å²) in [5, 5.41) is 11.8. The zero-order chi connectivity index (χ0) is 13.7. The number of fused-ring (bicyclic) bond motifs is 1. The highest BCUT2D eigenvalue weighted by Crippen LogP contribution is 2.29. The van der Waals surface area contributed by atoms with Gasteiger partial charge in [0.05, 0.1) is 7.11 Å². The van der Waals surface area contributed by atoms with Crippen LogP contribution in [0, 0.1) is 0 Å². The highest BCUT2D eigenvalue weighted by atomic mass is 16.5. The van der Waals surface area contributed by atoms with E-state index in [0.29, 0.717) is 11.3 Å². The van der Waals surface area contributed by atoms with Crippen molar-refractivity contribution in [1.82, 2.24) is 0 Å². The van der Waals surface area contributed by atoms with Crippen LogP contribution in [0.15, 0.2) is 54.6 Å². The van der Waals surface area contributed by atoms with Gasteiger partial charge in [0, 0.05) is 11.3 Å². The Morgan fingerprint density at radius 3 is 2.26 bits per heavy atom. The number of aliphatic hydroxyl groups is 1. The number of para-hydroxylation sites is 2. The molecule has 98 valence electrons. The van der Waals surface area contributed by atoms with Gasteiger partial charge in [0.25, 0.3) is 5.91 Å². The van der Waals surface area contributed by atoms with Gasteiger partial charge in [-0.15, -0.1) is 0 Å². The lowest BCUT2D eigenvalue weighted by Crippen LogP contribution is -2.10. The Balaban J connectivity index is 0.000000148. The van der Waals surface area contributed by atoms with E-state index in [2.05, 4.69) is 5.32 Å². The molecule has 19 heavy (non-hydrogen) atoms. The van der Waals surface area contributed by atoms with Crippen molar-refractivity contribution in [2.45, 2.75) is 6.10 Å². The Bertz CT molecular complexity index is 554. The molecule has 1 unspecified atom stereocenters. The maximum atomic E-state index is 10.9. The van der Waals surface area contributed by atoms with Crippen molar-refractivity contribution in [3.8, 4) is 5.75 Å². The fourth-order valence-electron chi connectivity index (χ4n) is 1.75. The molecule has 2 aromatic rings. The van der Waals surface area contributed by atoms with Crippen molar-refractivity contribution >= 4 is 11.6 Å². The number of anilines is 1. The number of aliphatic hydroxyl groups excluding tert-OH is 1. The third-order valence-electron chi connectivity index (χ3n) is 2.74. The lowest BCUT2D eigenvalue weighted by Gasteiger charge is -1.96. The van der Waals surface area contributed by atoms with Crippen LogP contribution >= 0.6 is 0 Å². The van der Waals surface area contributed by atoms with E-state index in [9.17, 15) is 9.90 Å². The first-order chi connectivity index (χ1) is 9.22. The third kappa shape index (κ3) is 3.11. The summed E-state index contributed by atoms with van der Waals surface area (Å²) in [6, 6.07) is 16.8. The molecule has 1 aliphatic heterocycles. The first-order valence-corrected chi connectivity index (χ1v) is 5.89. The second kappa shape index (κ2) is 6.02. The van der Waals surface area contributed by atoms with Crippen LogP contribution in [-0.2, 0) is 4.79 Å². The lowest BCUT2D eigenvalue weighted by atomic mass is 10.1. The second-order valence-electron chi connectivity index (χ2n) is 4.00. The standard InChI is InChI=1S/C8H7NO2.C7H8O/c10-7-5-3-1-2-4-6(5)9-8(7)11;1-8-7-5-3-2-4-6-7/h1-4,7,10H,(H,9,11);2-6H,1H3. The number of ether oxygens (including phenoxy) is 1.